The van der Waals surface area contributed by atoms with Crippen LogP contribution in [0.4, 0.5) is 5.69 Å². The van der Waals surface area contributed by atoms with E-state index in [0.717, 1.165) is 39.6 Å². The number of hydrogen-bond acceptors (Lipinski definition) is 7. The molecule has 10 heteroatoms. The van der Waals surface area contributed by atoms with Gasteiger partial charge in [0.2, 0.25) is 23.0 Å². The van der Waals surface area contributed by atoms with Crippen molar-refractivity contribution in [1.29, 1.82) is 0 Å². The van der Waals surface area contributed by atoms with Gasteiger partial charge in [-0.05, 0) is 71.7 Å². The Hall–Kier alpha value is -4.99. The van der Waals surface area contributed by atoms with Gasteiger partial charge in [-0.3, -0.25) is 14.4 Å². The highest BCUT2D eigenvalue weighted by Crippen LogP contribution is 2.50. The number of aromatic amines is 1. The van der Waals surface area contributed by atoms with Crippen molar-refractivity contribution >= 4 is 28.4 Å². The van der Waals surface area contributed by atoms with E-state index in [0.29, 0.717) is 48.6 Å². The van der Waals surface area contributed by atoms with Gasteiger partial charge in [0, 0.05) is 36.1 Å². The van der Waals surface area contributed by atoms with E-state index in [2.05, 4.69) is 27.0 Å². The molecule has 0 aliphatic heterocycles. The lowest BCUT2D eigenvalue weighted by Gasteiger charge is -2.24. The molecule has 1 aliphatic carbocycles. The number of H-pyrrole nitrogens is 1. The molecule has 248 valence electrons. The lowest BCUT2D eigenvalue weighted by atomic mass is 9.95. The molecular formula is C37H44N4O6. The second-order valence-electron chi connectivity index (χ2n) is 12.0. The molecule has 0 saturated carbocycles. The molecule has 4 N–H and O–H groups in total. The van der Waals surface area contributed by atoms with Crippen LogP contribution < -0.4 is 35.6 Å². The first-order valence-corrected chi connectivity index (χ1v) is 16.1. The maximum Gasteiger partial charge on any atom is 0.242 e. The molecule has 0 bridgehead atoms. The number of anilines is 1. The standard InChI is InChI=1S/C37H44N4O6/c1-7-21(2)34(37(44)38-17-16-24-20-39-28-11-9-8-10-25(24)28)41-30-15-13-26-27(19-31(30)43)29(40-22(3)42)14-12-23-18-32(45-4)35(46-5)36(47-6)33(23)26/h8-11,13,15,18-21,29,34,39H,7,12,14,16-17H2,1-6H3,(H,38,44)(H,40,42)(H,41,43)/t21-,29-,34+/m0/s1. The molecule has 3 atom stereocenters. The first kappa shape index (κ1) is 33.4. The Kier molecular flexibility index (Phi) is 10.4. The topological polar surface area (TPSA) is 131 Å². The number of carbonyl (C=O) groups is 2. The predicted molar refractivity (Wildman–Crippen MR) is 185 cm³/mol. The largest absolute Gasteiger partial charge is 0.493 e. The van der Waals surface area contributed by atoms with Gasteiger partial charge in [0.15, 0.2) is 11.5 Å². The second-order valence-corrected chi connectivity index (χ2v) is 12.0. The molecule has 10 nitrogen and oxygen atoms in total. The smallest absolute Gasteiger partial charge is 0.242 e. The minimum Gasteiger partial charge on any atom is -0.493 e. The number of rotatable bonds is 12. The molecule has 0 radical (unpaired) electrons. The van der Waals surface area contributed by atoms with Gasteiger partial charge in [0.25, 0.3) is 0 Å². The van der Waals surface area contributed by atoms with Gasteiger partial charge in [0.1, 0.15) is 6.04 Å². The van der Waals surface area contributed by atoms with E-state index in [9.17, 15) is 14.4 Å². The van der Waals surface area contributed by atoms with Crippen LogP contribution in [0.3, 0.4) is 0 Å². The van der Waals surface area contributed by atoms with Crippen LogP contribution in [0.1, 0.15) is 56.3 Å². The van der Waals surface area contributed by atoms with E-state index in [4.69, 9.17) is 14.2 Å². The zero-order chi connectivity index (χ0) is 33.7. The van der Waals surface area contributed by atoms with Gasteiger partial charge in [-0.1, -0.05) is 44.5 Å². The molecule has 0 saturated heterocycles. The summed E-state index contributed by atoms with van der Waals surface area (Å²) in [5.74, 6) is 1.01. The van der Waals surface area contributed by atoms with Crippen LogP contribution in [-0.2, 0) is 22.4 Å². The summed E-state index contributed by atoms with van der Waals surface area (Å²) < 4.78 is 17.2. The molecule has 4 aromatic rings. The van der Waals surface area contributed by atoms with Crippen LogP contribution >= 0.6 is 0 Å². The molecule has 2 amide bonds. The first-order chi connectivity index (χ1) is 22.7. The number of amides is 2. The number of nitrogens with one attached hydrogen (secondary N) is 4. The minimum absolute atomic E-state index is 0.0597. The van der Waals surface area contributed by atoms with Crippen molar-refractivity contribution in [1.82, 2.24) is 15.6 Å². The van der Waals surface area contributed by atoms with Gasteiger partial charge in [0.05, 0.1) is 33.1 Å². The maximum absolute atomic E-state index is 13.9. The van der Waals surface area contributed by atoms with Crippen LogP contribution in [-0.4, -0.2) is 50.7 Å². The molecule has 1 aliphatic rings. The number of hydrogen-bond donors (Lipinski definition) is 4. The molecule has 1 aromatic heterocycles. The lowest BCUT2D eigenvalue weighted by Crippen LogP contribution is -2.45. The normalized spacial score (nSPS) is 15.0. The molecule has 3 aromatic carbocycles. The molecular weight excluding hydrogens is 596 g/mol. The summed E-state index contributed by atoms with van der Waals surface area (Å²) in [4.78, 5) is 43.1. The van der Waals surface area contributed by atoms with E-state index in [1.807, 2.05) is 50.4 Å². The Morgan fingerprint density at radius 2 is 1.79 bits per heavy atom. The molecule has 1 heterocycles. The van der Waals surface area contributed by atoms with Crippen molar-refractivity contribution in [3.63, 3.8) is 0 Å². The van der Waals surface area contributed by atoms with Gasteiger partial charge < -0.3 is 35.1 Å². The summed E-state index contributed by atoms with van der Waals surface area (Å²) in [7, 11) is 4.69. The third-order valence-electron chi connectivity index (χ3n) is 9.09. The zero-order valence-electron chi connectivity index (χ0n) is 27.9. The summed E-state index contributed by atoms with van der Waals surface area (Å²) >= 11 is 0. The van der Waals surface area contributed by atoms with Gasteiger partial charge >= 0.3 is 0 Å². The van der Waals surface area contributed by atoms with E-state index < -0.39 is 12.1 Å². The molecule has 0 unspecified atom stereocenters. The number of ether oxygens (including phenoxy) is 3. The number of para-hydroxylation sites is 1. The second kappa shape index (κ2) is 14.6. The summed E-state index contributed by atoms with van der Waals surface area (Å²) in [5, 5.41) is 10.5. The SMILES string of the molecule is CC[C@H](C)[C@@H](Nc1ccc2c(cc1=O)[C@@H](NC(C)=O)CCc1cc(OC)c(OC)c(OC)c1-2)C(=O)NCCc1c[nH]c2ccccc12. The average Bonchev–Trinajstić information content (AvgIpc) is 3.34. The van der Waals surface area contributed by atoms with Crippen molar-refractivity contribution < 1.29 is 23.8 Å². The van der Waals surface area contributed by atoms with Crippen LogP contribution in [0, 0.1) is 5.92 Å². The summed E-state index contributed by atoms with van der Waals surface area (Å²) in [6, 6.07) is 14.1. The van der Waals surface area contributed by atoms with Crippen LogP contribution in [0.2, 0.25) is 0 Å². The fourth-order valence-corrected chi connectivity index (χ4v) is 6.47. The third-order valence-corrected chi connectivity index (χ3v) is 9.09. The van der Waals surface area contributed by atoms with Gasteiger partial charge in [-0.25, -0.2) is 0 Å². The molecule has 0 fully saturated rings. The Morgan fingerprint density at radius 1 is 1.02 bits per heavy atom. The van der Waals surface area contributed by atoms with Crippen molar-refractivity contribution in [3.05, 3.63) is 81.6 Å². The van der Waals surface area contributed by atoms with Crippen LogP contribution in [0.15, 0.2) is 59.5 Å². The number of aryl methyl sites for hydroxylation is 1. The molecule has 0 spiro atoms. The van der Waals surface area contributed by atoms with E-state index in [1.165, 1.54) is 6.92 Å². The molecule has 5 rings (SSSR count). The van der Waals surface area contributed by atoms with Crippen molar-refractivity contribution in [2.75, 3.05) is 33.2 Å². The number of methoxy groups -OCH3 is 3. The fourth-order valence-electron chi connectivity index (χ4n) is 6.47. The number of fused-ring (bicyclic) bond motifs is 4. The fraction of sp³-hybridized carbons (Fsp3) is 0.378. The predicted octanol–water partition coefficient (Wildman–Crippen LogP) is 5.53. The number of benzene rings is 2. The van der Waals surface area contributed by atoms with Crippen LogP contribution in [0.5, 0.6) is 17.2 Å². The lowest BCUT2D eigenvalue weighted by molar-refractivity contribution is -0.123. The van der Waals surface area contributed by atoms with Crippen molar-refractivity contribution in [3.8, 4) is 28.4 Å². The monoisotopic (exact) mass is 640 g/mol. The minimum atomic E-state index is -0.643. The Bertz CT molecular complexity index is 1830. The Labute approximate surface area is 275 Å². The van der Waals surface area contributed by atoms with Crippen molar-refractivity contribution in [2.45, 2.75) is 58.5 Å². The van der Waals surface area contributed by atoms with Gasteiger partial charge in [-0.2, -0.15) is 0 Å². The van der Waals surface area contributed by atoms with Gasteiger partial charge in [-0.15, -0.1) is 0 Å². The highest BCUT2D eigenvalue weighted by molar-refractivity contribution is 5.87. The quantitative estimate of drug-likeness (QED) is 0.160. The van der Waals surface area contributed by atoms with E-state index in [-0.39, 0.29) is 28.8 Å². The zero-order valence-corrected chi connectivity index (χ0v) is 27.9. The number of aromatic nitrogens is 1. The summed E-state index contributed by atoms with van der Waals surface area (Å²) in [6.07, 6.45) is 4.53. The highest BCUT2D eigenvalue weighted by atomic mass is 16.5. The highest BCUT2D eigenvalue weighted by Gasteiger charge is 2.30. The Morgan fingerprint density at radius 3 is 2.49 bits per heavy atom. The number of carbonyl (C=O) groups excluding carboxylic acids is 2. The summed E-state index contributed by atoms with van der Waals surface area (Å²) in [6.45, 7) is 5.93. The van der Waals surface area contributed by atoms with E-state index >= 15 is 0 Å². The third kappa shape index (κ3) is 6.91. The maximum atomic E-state index is 13.9. The first-order valence-electron chi connectivity index (χ1n) is 16.1. The molecule has 47 heavy (non-hydrogen) atoms. The Balaban J connectivity index is 1.50. The van der Waals surface area contributed by atoms with E-state index in [1.54, 1.807) is 33.5 Å². The van der Waals surface area contributed by atoms with Crippen molar-refractivity contribution in [2.24, 2.45) is 5.92 Å². The van der Waals surface area contributed by atoms with Crippen LogP contribution in [0.25, 0.3) is 22.0 Å². The summed E-state index contributed by atoms with van der Waals surface area (Å²) in [5.41, 5.74) is 5.28. The average molecular weight is 641 g/mol.